The Balaban J connectivity index is 2.02. The van der Waals surface area contributed by atoms with E-state index >= 15 is 0 Å². The Morgan fingerprint density at radius 2 is 1.87 bits per heavy atom. The molecule has 7 nitrogen and oxygen atoms in total. The number of nitrogens with zero attached hydrogens (tertiary/aromatic N) is 1. The van der Waals surface area contributed by atoms with E-state index in [0.29, 0.717) is 34.3 Å². The molecule has 0 saturated carbocycles. The van der Waals surface area contributed by atoms with Crippen LogP contribution in [0.25, 0.3) is 0 Å². The van der Waals surface area contributed by atoms with E-state index in [1.54, 1.807) is 24.3 Å². The zero-order valence-electron chi connectivity index (χ0n) is 17.5. The summed E-state index contributed by atoms with van der Waals surface area (Å²) in [6.45, 7) is 3.95. The number of amides is 1. The highest BCUT2D eigenvalue weighted by Gasteiger charge is 2.19. The molecule has 0 aliphatic heterocycles. The van der Waals surface area contributed by atoms with Crippen molar-refractivity contribution in [3.8, 4) is 11.5 Å². The lowest BCUT2D eigenvalue weighted by molar-refractivity contribution is -0.116. The first-order chi connectivity index (χ1) is 14.1. The molecule has 0 fully saturated rings. The highest BCUT2D eigenvalue weighted by Crippen LogP contribution is 2.30. The summed E-state index contributed by atoms with van der Waals surface area (Å²) in [6, 6.07) is 11.9. The average molecular weight is 455 g/mol. The van der Waals surface area contributed by atoms with E-state index in [1.165, 1.54) is 17.5 Å². The van der Waals surface area contributed by atoms with Crippen molar-refractivity contribution in [1.29, 1.82) is 0 Å². The molecule has 0 saturated heterocycles. The van der Waals surface area contributed by atoms with Gasteiger partial charge in [0.1, 0.15) is 11.5 Å². The summed E-state index contributed by atoms with van der Waals surface area (Å²) in [7, 11) is -2.06. The molecule has 1 amide bonds. The van der Waals surface area contributed by atoms with E-state index in [0.717, 1.165) is 6.26 Å². The van der Waals surface area contributed by atoms with Crippen LogP contribution in [0.2, 0.25) is 5.02 Å². The van der Waals surface area contributed by atoms with Gasteiger partial charge in [0.25, 0.3) is 0 Å². The quantitative estimate of drug-likeness (QED) is 0.577. The molecular weight excluding hydrogens is 428 g/mol. The Hall–Kier alpha value is -2.45. The summed E-state index contributed by atoms with van der Waals surface area (Å²) in [5, 5.41) is 3.13. The zero-order valence-corrected chi connectivity index (χ0v) is 19.1. The summed E-state index contributed by atoms with van der Waals surface area (Å²) < 4.78 is 36.5. The lowest BCUT2D eigenvalue weighted by Gasteiger charge is -2.23. The number of sulfonamides is 1. The zero-order chi connectivity index (χ0) is 22.3. The summed E-state index contributed by atoms with van der Waals surface area (Å²) in [5.41, 5.74) is 0.998. The van der Waals surface area contributed by atoms with Crippen molar-refractivity contribution in [1.82, 2.24) is 0 Å². The number of rotatable bonds is 10. The minimum absolute atomic E-state index is 0.0253. The normalized spacial score (nSPS) is 11.3. The molecule has 164 valence electrons. The number of ether oxygens (including phenoxy) is 2. The van der Waals surface area contributed by atoms with Crippen LogP contribution >= 0.6 is 11.6 Å². The van der Waals surface area contributed by atoms with Crippen molar-refractivity contribution in [3.63, 3.8) is 0 Å². The Morgan fingerprint density at radius 1 is 1.17 bits per heavy atom. The largest absolute Gasteiger partial charge is 0.495 e. The molecule has 2 aromatic carbocycles. The van der Waals surface area contributed by atoms with Crippen LogP contribution in [-0.2, 0) is 14.8 Å². The van der Waals surface area contributed by atoms with Gasteiger partial charge < -0.3 is 14.8 Å². The maximum atomic E-state index is 12.4. The SMILES string of the molecule is COc1ccc(N(CCCC(=O)Nc2ccccc2OC(C)C)S(C)(=O)=O)cc1Cl. The molecule has 1 N–H and O–H groups in total. The van der Waals surface area contributed by atoms with Crippen molar-refractivity contribution in [3.05, 3.63) is 47.5 Å². The van der Waals surface area contributed by atoms with E-state index < -0.39 is 10.0 Å². The summed E-state index contributed by atoms with van der Waals surface area (Å²) >= 11 is 6.13. The molecule has 0 unspecified atom stereocenters. The maximum Gasteiger partial charge on any atom is 0.232 e. The smallest absolute Gasteiger partial charge is 0.232 e. The number of benzene rings is 2. The summed E-state index contributed by atoms with van der Waals surface area (Å²) in [5.74, 6) is 0.818. The lowest BCUT2D eigenvalue weighted by atomic mass is 10.2. The van der Waals surface area contributed by atoms with Crippen LogP contribution < -0.4 is 19.1 Å². The fourth-order valence-corrected chi connectivity index (χ4v) is 4.03. The predicted molar refractivity (Wildman–Crippen MR) is 120 cm³/mol. The standard InChI is InChI=1S/C21H27ClN2O5S/c1-15(2)29-20-9-6-5-8-18(20)23-21(25)10-7-13-24(30(4,26)27)16-11-12-19(28-3)17(22)14-16/h5-6,8-9,11-12,14-15H,7,10,13H2,1-4H3,(H,23,25). The van der Waals surface area contributed by atoms with Crippen molar-refractivity contribution in [2.75, 3.05) is 29.5 Å². The van der Waals surface area contributed by atoms with Gasteiger partial charge in [-0.25, -0.2) is 8.42 Å². The number of halogens is 1. The number of methoxy groups -OCH3 is 1. The number of nitrogens with one attached hydrogen (secondary N) is 1. The minimum Gasteiger partial charge on any atom is -0.495 e. The molecule has 9 heteroatoms. The first-order valence-electron chi connectivity index (χ1n) is 9.48. The molecule has 0 heterocycles. The number of para-hydroxylation sites is 2. The lowest BCUT2D eigenvalue weighted by Crippen LogP contribution is -2.31. The van der Waals surface area contributed by atoms with Crippen LogP contribution in [0.1, 0.15) is 26.7 Å². The summed E-state index contributed by atoms with van der Waals surface area (Å²) in [4.78, 5) is 12.4. The van der Waals surface area contributed by atoms with Gasteiger partial charge in [-0.3, -0.25) is 9.10 Å². The van der Waals surface area contributed by atoms with Gasteiger partial charge in [-0.2, -0.15) is 0 Å². The molecular formula is C21H27ClN2O5S. The van der Waals surface area contributed by atoms with Crippen LogP contribution in [0.5, 0.6) is 11.5 Å². The Labute approximate surface area is 183 Å². The van der Waals surface area contributed by atoms with E-state index in [9.17, 15) is 13.2 Å². The first kappa shape index (κ1) is 23.8. The molecule has 0 aromatic heterocycles. The fraction of sp³-hybridized carbons (Fsp3) is 0.381. The van der Waals surface area contributed by atoms with E-state index in [2.05, 4.69) is 5.32 Å². The molecule has 2 rings (SSSR count). The molecule has 0 radical (unpaired) electrons. The number of carbonyl (C=O) groups is 1. The van der Waals surface area contributed by atoms with Gasteiger partial charge in [0.2, 0.25) is 15.9 Å². The molecule has 0 aliphatic rings. The van der Waals surface area contributed by atoms with Gasteiger partial charge in [0, 0.05) is 13.0 Å². The monoisotopic (exact) mass is 454 g/mol. The van der Waals surface area contributed by atoms with Crippen molar-refractivity contribution < 1.29 is 22.7 Å². The van der Waals surface area contributed by atoms with Crippen LogP contribution in [0, 0.1) is 0 Å². The van der Waals surface area contributed by atoms with Crippen LogP contribution in [-0.4, -0.2) is 40.3 Å². The molecule has 30 heavy (non-hydrogen) atoms. The minimum atomic E-state index is -3.55. The maximum absolute atomic E-state index is 12.4. The summed E-state index contributed by atoms with van der Waals surface area (Å²) in [6.07, 6.45) is 1.56. The number of anilines is 2. The number of hydrogen-bond donors (Lipinski definition) is 1. The molecule has 2 aromatic rings. The Bertz CT molecular complexity index is 979. The van der Waals surface area contributed by atoms with E-state index in [1.807, 2.05) is 26.0 Å². The third-order valence-electron chi connectivity index (χ3n) is 4.11. The van der Waals surface area contributed by atoms with Crippen LogP contribution in [0.4, 0.5) is 11.4 Å². The van der Waals surface area contributed by atoms with Gasteiger partial charge in [-0.15, -0.1) is 0 Å². The number of carbonyl (C=O) groups excluding carboxylic acids is 1. The van der Waals surface area contributed by atoms with Crippen LogP contribution in [0.15, 0.2) is 42.5 Å². The van der Waals surface area contributed by atoms with E-state index in [-0.39, 0.29) is 25.0 Å². The number of hydrogen-bond acceptors (Lipinski definition) is 5. The van der Waals surface area contributed by atoms with Crippen molar-refractivity contribution >= 4 is 38.9 Å². The third-order valence-corrected chi connectivity index (χ3v) is 5.60. The molecule has 0 aliphatic carbocycles. The van der Waals surface area contributed by atoms with Gasteiger partial charge in [0.15, 0.2) is 0 Å². The average Bonchev–Trinajstić information content (AvgIpc) is 2.65. The fourth-order valence-electron chi connectivity index (χ4n) is 2.82. The topological polar surface area (TPSA) is 84.9 Å². The Kier molecular flexibility index (Phi) is 8.37. The molecule has 0 atom stereocenters. The van der Waals surface area contributed by atoms with Gasteiger partial charge in [0.05, 0.1) is 35.9 Å². The van der Waals surface area contributed by atoms with Gasteiger partial charge >= 0.3 is 0 Å². The highest BCUT2D eigenvalue weighted by atomic mass is 35.5. The second-order valence-electron chi connectivity index (χ2n) is 6.97. The van der Waals surface area contributed by atoms with E-state index in [4.69, 9.17) is 21.1 Å². The van der Waals surface area contributed by atoms with Crippen LogP contribution in [0.3, 0.4) is 0 Å². The predicted octanol–water partition coefficient (Wildman–Crippen LogP) is 4.32. The van der Waals surface area contributed by atoms with Gasteiger partial charge in [-0.1, -0.05) is 23.7 Å². The third kappa shape index (κ3) is 6.81. The van der Waals surface area contributed by atoms with Crippen molar-refractivity contribution in [2.24, 2.45) is 0 Å². The van der Waals surface area contributed by atoms with Gasteiger partial charge in [-0.05, 0) is 50.6 Å². The first-order valence-corrected chi connectivity index (χ1v) is 11.7. The Morgan fingerprint density at radius 3 is 2.47 bits per heavy atom. The van der Waals surface area contributed by atoms with Crippen molar-refractivity contribution in [2.45, 2.75) is 32.8 Å². The highest BCUT2D eigenvalue weighted by molar-refractivity contribution is 7.92. The molecule has 0 spiro atoms. The second-order valence-corrected chi connectivity index (χ2v) is 9.28. The second kappa shape index (κ2) is 10.5. The molecule has 0 bridgehead atoms.